The topological polar surface area (TPSA) is 38.7 Å². The Kier molecular flexibility index (Phi) is 7.00. The Morgan fingerprint density at radius 1 is 0.392 bits per heavy atom. The van der Waals surface area contributed by atoms with E-state index in [9.17, 15) is 0 Å². The maximum atomic E-state index is 5.44. The van der Waals surface area contributed by atoms with Crippen molar-refractivity contribution in [2.24, 2.45) is 0 Å². The zero-order chi connectivity index (χ0) is 33.7. The third-order valence-corrected chi connectivity index (χ3v) is 10.9. The predicted octanol–water partition coefficient (Wildman–Crippen LogP) is 12.9. The number of hydrogen-bond donors (Lipinski definition) is 0. The molecule has 0 saturated heterocycles. The van der Waals surface area contributed by atoms with Crippen LogP contribution in [0.5, 0.6) is 0 Å². The first kappa shape index (κ1) is 29.4. The van der Waals surface area contributed by atoms with E-state index in [1.165, 1.54) is 36.3 Å². The Bertz CT molecular complexity index is 2830. The van der Waals surface area contributed by atoms with Crippen LogP contribution in [0.1, 0.15) is 0 Å². The quantitative estimate of drug-likeness (QED) is 0.183. The van der Waals surface area contributed by atoms with Crippen LogP contribution in [-0.4, -0.2) is 15.0 Å². The van der Waals surface area contributed by atoms with E-state index in [1.54, 1.807) is 0 Å². The number of nitrogens with zero attached hydrogens (tertiary/aromatic N) is 3. The Hall–Kier alpha value is -6.49. The Morgan fingerprint density at radius 2 is 0.980 bits per heavy atom. The van der Waals surface area contributed by atoms with Gasteiger partial charge in [-0.15, -0.1) is 11.3 Å². The van der Waals surface area contributed by atoms with Crippen molar-refractivity contribution < 1.29 is 0 Å². The van der Waals surface area contributed by atoms with E-state index in [1.807, 2.05) is 47.7 Å². The van der Waals surface area contributed by atoms with Gasteiger partial charge in [-0.1, -0.05) is 158 Å². The minimum atomic E-state index is 0.701. The van der Waals surface area contributed by atoms with Gasteiger partial charge >= 0.3 is 0 Å². The highest BCUT2D eigenvalue weighted by Gasteiger charge is 2.20. The van der Waals surface area contributed by atoms with E-state index in [4.69, 9.17) is 15.0 Å². The van der Waals surface area contributed by atoms with Gasteiger partial charge in [0, 0.05) is 43.1 Å². The fourth-order valence-corrected chi connectivity index (χ4v) is 8.48. The molecular weight excluding hydrogens is 639 g/mol. The highest BCUT2D eigenvalue weighted by atomic mass is 32.1. The summed E-state index contributed by atoms with van der Waals surface area (Å²) in [7, 11) is 0. The largest absolute Gasteiger partial charge is 0.246 e. The molecule has 0 unspecified atom stereocenters. The fraction of sp³-hybridized carbons (Fsp3) is 0. The summed E-state index contributed by atoms with van der Waals surface area (Å²) in [6, 6.07) is 61.8. The van der Waals surface area contributed by atoms with Crippen LogP contribution >= 0.6 is 11.3 Å². The summed E-state index contributed by atoms with van der Waals surface area (Å²) < 4.78 is 2.47. The van der Waals surface area contributed by atoms with E-state index < -0.39 is 0 Å². The lowest BCUT2D eigenvalue weighted by Crippen LogP contribution is -1.96. The molecule has 3 nitrogen and oxygen atoms in total. The Balaban J connectivity index is 1.15. The Labute approximate surface area is 299 Å². The normalized spacial score (nSPS) is 11.5. The average molecular weight is 668 g/mol. The summed E-state index contributed by atoms with van der Waals surface area (Å²) in [4.78, 5) is 15.6. The number of fused-ring (bicyclic) bond motifs is 6. The van der Waals surface area contributed by atoms with Gasteiger partial charge in [-0.2, -0.15) is 0 Å². The third-order valence-electron chi connectivity index (χ3n) is 9.70. The van der Waals surface area contributed by atoms with Crippen LogP contribution < -0.4 is 0 Å². The lowest BCUT2D eigenvalue weighted by molar-refractivity contribution is 1.18. The molecule has 0 saturated carbocycles. The molecule has 0 spiro atoms. The minimum Gasteiger partial charge on any atom is -0.246 e. The summed E-state index contributed by atoms with van der Waals surface area (Å²) in [6.45, 7) is 0. The standard InChI is InChI=1S/C47H29N3S/c1-3-14-32(15-4-1)40-29-41(33-16-5-2-6-17-33)50-47(49-40)34-27-25-31(26-28-34)36-21-12-23-39-43(36)44-38-20-9-10-24-42(38)51-46(44)45(48-39)37-22-11-18-30-13-7-8-19-35(30)37/h1-29H. The highest BCUT2D eigenvalue weighted by Crippen LogP contribution is 2.46. The molecule has 3 aromatic heterocycles. The molecule has 7 aromatic carbocycles. The number of hydrogen-bond acceptors (Lipinski definition) is 4. The molecule has 3 heterocycles. The maximum absolute atomic E-state index is 5.44. The van der Waals surface area contributed by atoms with Crippen LogP contribution in [0.25, 0.3) is 98.1 Å². The summed E-state index contributed by atoms with van der Waals surface area (Å²) in [5, 5.41) is 6.13. The van der Waals surface area contributed by atoms with Crippen LogP contribution in [0.15, 0.2) is 176 Å². The van der Waals surface area contributed by atoms with Gasteiger partial charge in [0.1, 0.15) is 0 Å². The molecule has 0 fully saturated rings. The van der Waals surface area contributed by atoms with Gasteiger partial charge in [-0.25, -0.2) is 15.0 Å². The van der Waals surface area contributed by atoms with Gasteiger partial charge in [0.2, 0.25) is 0 Å². The van der Waals surface area contributed by atoms with Gasteiger partial charge in [0.05, 0.1) is 27.3 Å². The smallest absolute Gasteiger partial charge is 0.160 e. The van der Waals surface area contributed by atoms with Gasteiger partial charge < -0.3 is 0 Å². The van der Waals surface area contributed by atoms with Crippen molar-refractivity contribution in [2.45, 2.75) is 0 Å². The first-order chi connectivity index (χ1) is 25.3. The average Bonchev–Trinajstić information content (AvgIpc) is 3.61. The van der Waals surface area contributed by atoms with Gasteiger partial charge in [0.25, 0.3) is 0 Å². The molecule has 238 valence electrons. The lowest BCUT2D eigenvalue weighted by Gasteiger charge is -2.13. The molecule has 0 aliphatic carbocycles. The fourth-order valence-electron chi connectivity index (χ4n) is 7.27. The van der Waals surface area contributed by atoms with Crippen LogP contribution in [-0.2, 0) is 0 Å². The molecule has 4 heteroatoms. The lowest BCUT2D eigenvalue weighted by atomic mass is 9.94. The second-order valence-electron chi connectivity index (χ2n) is 12.8. The number of benzene rings is 7. The molecule has 0 amide bonds. The van der Waals surface area contributed by atoms with Gasteiger partial charge in [-0.3, -0.25) is 0 Å². The summed E-state index contributed by atoms with van der Waals surface area (Å²) in [6.07, 6.45) is 0. The van der Waals surface area contributed by atoms with Gasteiger partial charge in [0.15, 0.2) is 5.82 Å². The van der Waals surface area contributed by atoms with Gasteiger partial charge in [-0.05, 0) is 40.1 Å². The highest BCUT2D eigenvalue weighted by molar-refractivity contribution is 7.26. The van der Waals surface area contributed by atoms with Crippen LogP contribution in [0.3, 0.4) is 0 Å². The van der Waals surface area contributed by atoms with E-state index in [0.717, 1.165) is 56.0 Å². The van der Waals surface area contributed by atoms with Crippen LogP contribution in [0.4, 0.5) is 0 Å². The molecule has 10 rings (SSSR count). The van der Waals surface area contributed by atoms with E-state index >= 15 is 0 Å². The first-order valence-electron chi connectivity index (χ1n) is 17.1. The van der Waals surface area contributed by atoms with Crippen molar-refractivity contribution in [1.29, 1.82) is 0 Å². The van der Waals surface area contributed by atoms with E-state index in [-0.39, 0.29) is 0 Å². The van der Waals surface area contributed by atoms with Crippen molar-refractivity contribution in [2.75, 3.05) is 0 Å². The number of thiophene rings is 1. The first-order valence-corrected chi connectivity index (χ1v) is 17.9. The van der Waals surface area contributed by atoms with Crippen LogP contribution in [0, 0.1) is 0 Å². The molecule has 51 heavy (non-hydrogen) atoms. The molecule has 0 radical (unpaired) electrons. The third kappa shape index (κ3) is 5.08. The molecule has 0 aliphatic rings. The number of pyridine rings is 1. The summed E-state index contributed by atoms with van der Waals surface area (Å²) in [5.74, 6) is 0.701. The van der Waals surface area contributed by atoms with Crippen molar-refractivity contribution in [1.82, 2.24) is 15.0 Å². The van der Waals surface area contributed by atoms with Crippen molar-refractivity contribution in [3.8, 4) is 56.3 Å². The second kappa shape index (κ2) is 12.1. The zero-order valence-corrected chi connectivity index (χ0v) is 28.3. The summed E-state index contributed by atoms with van der Waals surface area (Å²) >= 11 is 1.83. The molecule has 10 aromatic rings. The number of aromatic nitrogens is 3. The molecule has 0 bridgehead atoms. The van der Waals surface area contributed by atoms with E-state index in [0.29, 0.717) is 5.82 Å². The predicted molar refractivity (Wildman–Crippen MR) is 215 cm³/mol. The molecule has 0 atom stereocenters. The SMILES string of the molecule is c1ccc(-c2cc(-c3ccccc3)nc(-c3ccc(-c4cccc5nc(-c6cccc7ccccc67)c6sc7ccccc7c6c45)cc3)n2)cc1. The monoisotopic (exact) mass is 667 g/mol. The molecule has 0 N–H and O–H groups in total. The van der Waals surface area contributed by atoms with Crippen molar-refractivity contribution in [3.05, 3.63) is 176 Å². The number of rotatable bonds is 5. The maximum Gasteiger partial charge on any atom is 0.160 e. The zero-order valence-electron chi connectivity index (χ0n) is 27.5. The summed E-state index contributed by atoms with van der Waals surface area (Å²) in [5.41, 5.74) is 10.4. The van der Waals surface area contributed by atoms with Crippen LogP contribution in [0.2, 0.25) is 0 Å². The second-order valence-corrected chi connectivity index (χ2v) is 13.8. The van der Waals surface area contributed by atoms with Crippen molar-refractivity contribution >= 4 is 53.2 Å². The van der Waals surface area contributed by atoms with Crippen molar-refractivity contribution in [3.63, 3.8) is 0 Å². The minimum absolute atomic E-state index is 0.701. The van der Waals surface area contributed by atoms with E-state index in [2.05, 4.69) is 140 Å². The molecule has 0 aliphatic heterocycles. The molecular formula is C47H29N3S. The Morgan fingerprint density at radius 3 is 1.73 bits per heavy atom.